The van der Waals surface area contributed by atoms with Crippen molar-refractivity contribution in [3.05, 3.63) is 36.0 Å². The summed E-state index contributed by atoms with van der Waals surface area (Å²) in [4.78, 5) is 8.34. The average molecular weight is 258 g/mol. The minimum absolute atomic E-state index is 0.247. The Hall–Kier alpha value is -2.30. The third kappa shape index (κ3) is 3.34. The van der Waals surface area contributed by atoms with Gasteiger partial charge in [-0.3, -0.25) is 0 Å². The summed E-state index contributed by atoms with van der Waals surface area (Å²) >= 11 is 0. The highest BCUT2D eigenvalue weighted by Gasteiger charge is 2.12. The lowest BCUT2D eigenvalue weighted by molar-refractivity contribution is 0.475. The quantitative estimate of drug-likeness (QED) is 0.862. The number of aryl methyl sites for hydroxylation is 1. The molecule has 0 saturated heterocycles. The van der Waals surface area contributed by atoms with Crippen LogP contribution in [0.1, 0.15) is 19.0 Å². The lowest BCUT2D eigenvalue weighted by atomic mass is 10.3. The van der Waals surface area contributed by atoms with Gasteiger partial charge in [0.05, 0.1) is 5.69 Å². The fourth-order valence-electron chi connectivity index (χ4n) is 1.68. The molecule has 5 nitrogen and oxygen atoms in total. The van der Waals surface area contributed by atoms with Crippen molar-refractivity contribution >= 4 is 11.8 Å². The molecule has 0 aliphatic rings. The van der Waals surface area contributed by atoms with Crippen LogP contribution in [0.3, 0.4) is 0 Å². The molecular weight excluding hydrogens is 240 g/mol. The Balaban J connectivity index is 2.32. The first-order chi connectivity index (χ1) is 9.20. The molecular formula is C14H18N4O. The predicted octanol–water partition coefficient (Wildman–Crippen LogP) is 2.98. The van der Waals surface area contributed by atoms with Gasteiger partial charge in [0.25, 0.3) is 0 Å². The number of hydrogen-bond donors (Lipinski definition) is 2. The Morgan fingerprint density at radius 1 is 1.21 bits per heavy atom. The second-order valence-electron chi connectivity index (χ2n) is 4.19. The van der Waals surface area contributed by atoms with Gasteiger partial charge in [0.15, 0.2) is 11.6 Å². The number of hydrogen-bond acceptors (Lipinski definition) is 5. The van der Waals surface area contributed by atoms with E-state index in [0.717, 1.165) is 24.4 Å². The molecule has 19 heavy (non-hydrogen) atoms. The van der Waals surface area contributed by atoms with E-state index in [1.807, 2.05) is 37.3 Å². The van der Waals surface area contributed by atoms with Gasteiger partial charge in [-0.2, -0.15) is 4.98 Å². The van der Waals surface area contributed by atoms with Crippen molar-refractivity contribution < 1.29 is 4.74 Å². The van der Waals surface area contributed by atoms with Gasteiger partial charge in [-0.25, -0.2) is 4.98 Å². The molecule has 0 saturated carbocycles. The lowest BCUT2D eigenvalue weighted by Gasteiger charge is -2.14. The van der Waals surface area contributed by atoms with Gasteiger partial charge in [0.2, 0.25) is 5.95 Å². The smallest absolute Gasteiger partial charge is 0.222 e. The Kier molecular flexibility index (Phi) is 4.18. The highest BCUT2D eigenvalue weighted by atomic mass is 16.5. The lowest BCUT2D eigenvalue weighted by Crippen LogP contribution is -2.08. The Morgan fingerprint density at radius 3 is 2.63 bits per heavy atom. The van der Waals surface area contributed by atoms with Crippen molar-refractivity contribution in [2.75, 3.05) is 17.6 Å². The summed E-state index contributed by atoms with van der Waals surface area (Å²) in [5.41, 5.74) is 6.39. The molecule has 3 N–H and O–H groups in total. The fourth-order valence-corrected chi connectivity index (χ4v) is 1.68. The van der Waals surface area contributed by atoms with Crippen LogP contribution in [0.25, 0.3) is 0 Å². The molecule has 0 fully saturated rings. The van der Waals surface area contributed by atoms with E-state index in [1.54, 1.807) is 0 Å². The average Bonchev–Trinajstić information content (AvgIpc) is 2.41. The predicted molar refractivity (Wildman–Crippen MR) is 76.5 cm³/mol. The molecule has 2 aromatic rings. The third-order valence-corrected chi connectivity index (χ3v) is 2.56. The minimum atomic E-state index is 0.247. The summed E-state index contributed by atoms with van der Waals surface area (Å²) in [7, 11) is 0. The molecule has 2 rings (SSSR count). The van der Waals surface area contributed by atoms with Crippen molar-refractivity contribution in [1.82, 2.24) is 9.97 Å². The number of ether oxygens (including phenoxy) is 1. The number of nitrogen functional groups attached to an aromatic ring is 1. The summed E-state index contributed by atoms with van der Waals surface area (Å²) in [6, 6.07) is 9.55. The van der Waals surface area contributed by atoms with Crippen molar-refractivity contribution in [1.29, 1.82) is 0 Å². The van der Waals surface area contributed by atoms with Gasteiger partial charge in [-0.05, 0) is 25.5 Å². The number of aromatic nitrogens is 2. The van der Waals surface area contributed by atoms with Crippen molar-refractivity contribution in [2.45, 2.75) is 20.3 Å². The highest BCUT2D eigenvalue weighted by Crippen LogP contribution is 2.31. The third-order valence-electron chi connectivity index (χ3n) is 2.56. The van der Waals surface area contributed by atoms with Crippen LogP contribution >= 0.6 is 0 Å². The number of nitrogens with two attached hydrogens (primary N) is 1. The zero-order valence-electron chi connectivity index (χ0n) is 11.2. The first kappa shape index (κ1) is 13.1. The van der Waals surface area contributed by atoms with Gasteiger partial charge in [-0.15, -0.1) is 0 Å². The number of benzene rings is 1. The van der Waals surface area contributed by atoms with Crippen LogP contribution < -0.4 is 15.8 Å². The molecule has 0 amide bonds. The van der Waals surface area contributed by atoms with E-state index in [4.69, 9.17) is 10.5 Å². The molecule has 0 radical (unpaired) electrons. The molecule has 0 atom stereocenters. The number of nitrogens with one attached hydrogen (secondary N) is 1. The molecule has 0 spiro atoms. The van der Waals surface area contributed by atoms with E-state index in [2.05, 4.69) is 22.2 Å². The monoisotopic (exact) mass is 258 g/mol. The minimum Gasteiger partial charge on any atom is -0.452 e. The van der Waals surface area contributed by atoms with Gasteiger partial charge >= 0.3 is 0 Å². The van der Waals surface area contributed by atoms with Crippen LogP contribution in [0.4, 0.5) is 11.8 Å². The molecule has 1 aromatic heterocycles. The van der Waals surface area contributed by atoms with Crippen LogP contribution in [-0.2, 0) is 0 Å². The number of nitrogens with zero attached hydrogens (tertiary/aromatic N) is 2. The van der Waals surface area contributed by atoms with Crippen molar-refractivity contribution in [3.63, 3.8) is 0 Å². The molecule has 1 aromatic carbocycles. The van der Waals surface area contributed by atoms with E-state index < -0.39 is 0 Å². The van der Waals surface area contributed by atoms with Crippen LogP contribution in [-0.4, -0.2) is 16.5 Å². The molecule has 5 heteroatoms. The highest BCUT2D eigenvalue weighted by molar-refractivity contribution is 5.56. The normalized spacial score (nSPS) is 10.2. The molecule has 0 unspecified atom stereocenters. The summed E-state index contributed by atoms with van der Waals surface area (Å²) in [6.45, 7) is 4.75. The maximum absolute atomic E-state index is 5.85. The van der Waals surface area contributed by atoms with E-state index in [0.29, 0.717) is 11.6 Å². The van der Waals surface area contributed by atoms with Gasteiger partial charge in [0, 0.05) is 6.54 Å². The second-order valence-corrected chi connectivity index (χ2v) is 4.19. The summed E-state index contributed by atoms with van der Waals surface area (Å²) in [5, 5.41) is 3.21. The van der Waals surface area contributed by atoms with E-state index in [1.165, 1.54) is 0 Å². The first-order valence-corrected chi connectivity index (χ1v) is 6.31. The number of para-hydroxylation sites is 1. The zero-order valence-corrected chi connectivity index (χ0v) is 11.2. The molecule has 0 bridgehead atoms. The topological polar surface area (TPSA) is 73.1 Å². The fraction of sp³-hybridized carbons (Fsp3) is 0.286. The maximum Gasteiger partial charge on any atom is 0.222 e. The van der Waals surface area contributed by atoms with Crippen LogP contribution in [0.15, 0.2) is 30.3 Å². The summed E-state index contributed by atoms with van der Waals surface area (Å²) in [5.74, 6) is 2.25. The van der Waals surface area contributed by atoms with E-state index in [-0.39, 0.29) is 5.95 Å². The first-order valence-electron chi connectivity index (χ1n) is 6.31. The second kappa shape index (κ2) is 6.04. The SMILES string of the molecule is CCCNc1nc(N)nc(C)c1Oc1ccccc1. The van der Waals surface area contributed by atoms with Crippen molar-refractivity contribution in [3.8, 4) is 11.5 Å². The van der Waals surface area contributed by atoms with Gasteiger partial charge in [0.1, 0.15) is 5.75 Å². The van der Waals surface area contributed by atoms with E-state index in [9.17, 15) is 0 Å². The summed E-state index contributed by atoms with van der Waals surface area (Å²) in [6.07, 6.45) is 0.994. The van der Waals surface area contributed by atoms with E-state index >= 15 is 0 Å². The molecule has 1 heterocycles. The molecule has 0 aliphatic heterocycles. The Bertz CT molecular complexity index is 543. The summed E-state index contributed by atoms with van der Waals surface area (Å²) < 4.78 is 5.85. The van der Waals surface area contributed by atoms with Crippen molar-refractivity contribution in [2.24, 2.45) is 0 Å². The van der Waals surface area contributed by atoms with Crippen LogP contribution in [0.5, 0.6) is 11.5 Å². The van der Waals surface area contributed by atoms with Crippen LogP contribution in [0, 0.1) is 6.92 Å². The number of anilines is 2. The molecule has 100 valence electrons. The van der Waals surface area contributed by atoms with Gasteiger partial charge < -0.3 is 15.8 Å². The largest absolute Gasteiger partial charge is 0.452 e. The Morgan fingerprint density at radius 2 is 1.95 bits per heavy atom. The molecule has 0 aliphatic carbocycles. The van der Waals surface area contributed by atoms with Crippen LogP contribution in [0.2, 0.25) is 0 Å². The zero-order chi connectivity index (χ0) is 13.7. The maximum atomic E-state index is 5.85. The Labute approximate surface area is 112 Å². The van der Waals surface area contributed by atoms with Gasteiger partial charge in [-0.1, -0.05) is 25.1 Å². The number of rotatable bonds is 5. The standard InChI is InChI=1S/C14H18N4O/c1-3-9-16-13-12(10(2)17-14(15)18-13)19-11-7-5-4-6-8-11/h4-8H,3,9H2,1-2H3,(H3,15,16,17,18).